The van der Waals surface area contributed by atoms with E-state index in [1.807, 2.05) is 0 Å². The van der Waals surface area contributed by atoms with Gasteiger partial charge in [-0.05, 0) is 12.1 Å². The molecule has 22 heavy (non-hydrogen) atoms. The summed E-state index contributed by atoms with van der Waals surface area (Å²) in [5, 5.41) is -0.951. The molecule has 1 fully saturated rings. The molecule has 0 spiro atoms. The van der Waals surface area contributed by atoms with E-state index in [2.05, 4.69) is 4.74 Å². The molecular formula is C13H14ClNO6S. The lowest BCUT2D eigenvalue weighted by Gasteiger charge is -2.18. The number of anilines is 1. The fourth-order valence-corrected chi connectivity index (χ4v) is 3.27. The molecule has 1 atom stereocenters. The van der Waals surface area contributed by atoms with E-state index in [0.717, 1.165) is 0 Å². The van der Waals surface area contributed by atoms with Gasteiger partial charge < -0.3 is 14.4 Å². The van der Waals surface area contributed by atoms with E-state index in [1.165, 1.54) is 37.3 Å². The highest BCUT2D eigenvalue weighted by atomic mass is 35.7. The fourth-order valence-electron chi connectivity index (χ4n) is 2.24. The normalized spacial score (nSPS) is 18.4. The molecule has 1 aromatic carbocycles. The second kappa shape index (κ2) is 6.13. The van der Waals surface area contributed by atoms with Crippen LogP contribution in [0.3, 0.4) is 0 Å². The number of nitrogens with zero attached hydrogens (tertiary/aromatic N) is 1. The average Bonchev–Trinajstić information content (AvgIpc) is 2.88. The van der Waals surface area contributed by atoms with E-state index < -0.39 is 20.3 Å². The molecule has 0 aliphatic carbocycles. The number of hydrogen-bond acceptors (Lipinski definition) is 6. The molecule has 0 radical (unpaired) electrons. The Balaban J connectivity index is 2.34. The van der Waals surface area contributed by atoms with Crippen molar-refractivity contribution in [1.29, 1.82) is 0 Å². The van der Waals surface area contributed by atoms with E-state index in [-0.39, 0.29) is 30.2 Å². The Kier molecular flexibility index (Phi) is 4.62. The Labute approximate surface area is 132 Å². The number of carbonyl (C=O) groups is 2. The van der Waals surface area contributed by atoms with Gasteiger partial charge in [-0.1, -0.05) is 0 Å². The highest BCUT2D eigenvalue weighted by Crippen LogP contribution is 2.31. The number of benzene rings is 1. The molecule has 1 aliphatic heterocycles. The SMILES string of the molecule is COC(=O)c1ccc(N2CC(S(=O)(=O)Cl)CC2=O)cc1OC. The minimum Gasteiger partial charge on any atom is -0.496 e. The van der Waals surface area contributed by atoms with Gasteiger partial charge in [0.05, 0.1) is 14.2 Å². The van der Waals surface area contributed by atoms with E-state index in [1.54, 1.807) is 0 Å². The molecule has 1 aromatic rings. The molecule has 2 rings (SSSR count). The van der Waals surface area contributed by atoms with Crippen LogP contribution in [0.2, 0.25) is 0 Å². The smallest absolute Gasteiger partial charge is 0.341 e. The first kappa shape index (κ1) is 16.6. The fraction of sp³-hybridized carbons (Fsp3) is 0.385. The zero-order valence-electron chi connectivity index (χ0n) is 11.9. The highest BCUT2D eigenvalue weighted by molar-refractivity contribution is 8.14. The lowest BCUT2D eigenvalue weighted by molar-refractivity contribution is -0.117. The largest absolute Gasteiger partial charge is 0.496 e. The van der Waals surface area contributed by atoms with Crippen molar-refractivity contribution in [3.05, 3.63) is 23.8 Å². The standard InChI is InChI=1S/C13H14ClNO6S/c1-20-11-5-8(3-4-10(11)13(17)21-2)15-7-9(6-12(15)16)22(14,18)19/h3-5,9H,6-7H2,1-2H3. The van der Waals surface area contributed by atoms with Crippen LogP contribution in [0.1, 0.15) is 16.8 Å². The van der Waals surface area contributed by atoms with Crippen molar-refractivity contribution in [3.8, 4) is 5.75 Å². The van der Waals surface area contributed by atoms with Gasteiger partial charge in [0.1, 0.15) is 16.6 Å². The second-order valence-corrected chi connectivity index (χ2v) is 7.59. The summed E-state index contributed by atoms with van der Waals surface area (Å²) in [6.07, 6.45) is -0.174. The number of hydrogen-bond donors (Lipinski definition) is 0. The number of carbonyl (C=O) groups excluding carboxylic acids is 2. The minimum absolute atomic E-state index is 0.0363. The molecule has 1 saturated heterocycles. The molecule has 1 heterocycles. The number of amides is 1. The lowest BCUT2D eigenvalue weighted by Crippen LogP contribution is -2.26. The highest BCUT2D eigenvalue weighted by Gasteiger charge is 2.38. The zero-order chi connectivity index (χ0) is 16.5. The first-order valence-corrected chi connectivity index (χ1v) is 8.65. The monoisotopic (exact) mass is 347 g/mol. The zero-order valence-corrected chi connectivity index (χ0v) is 13.5. The van der Waals surface area contributed by atoms with Gasteiger partial charge in [0, 0.05) is 35.4 Å². The molecular weight excluding hydrogens is 334 g/mol. The topological polar surface area (TPSA) is 90.0 Å². The van der Waals surface area contributed by atoms with Crippen LogP contribution in [0, 0.1) is 0 Å². The number of halogens is 1. The van der Waals surface area contributed by atoms with Gasteiger partial charge in [-0.2, -0.15) is 0 Å². The molecule has 120 valence electrons. The van der Waals surface area contributed by atoms with Crippen LogP contribution in [0.4, 0.5) is 5.69 Å². The molecule has 1 aliphatic rings. The maximum absolute atomic E-state index is 12.0. The van der Waals surface area contributed by atoms with E-state index in [0.29, 0.717) is 5.69 Å². The summed E-state index contributed by atoms with van der Waals surface area (Å²) in [6.45, 7) is -0.0363. The Bertz CT molecular complexity index is 717. The second-order valence-electron chi connectivity index (χ2n) is 4.68. The Morgan fingerprint density at radius 3 is 2.55 bits per heavy atom. The van der Waals surface area contributed by atoms with Crippen LogP contribution in [0.25, 0.3) is 0 Å². The third-order valence-corrected chi connectivity index (χ3v) is 5.26. The molecule has 0 bridgehead atoms. The number of ether oxygens (including phenoxy) is 2. The number of rotatable bonds is 4. The lowest BCUT2D eigenvalue weighted by atomic mass is 10.1. The van der Waals surface area contributed by atoms with Crippen LogP contribution in [0.15, 0.2) is 18.2 Å². The summed E-state index contributed by atoms with van der Waals surface area (Å²) in [4.78, 5) is 24.9. The molecule has 0 aromatic heterocycles. The van der Waals surface area contributed by atoms with Crippen molar-refractivity contribution in [2.24, 2.45) is 0 Å². The number of esters is 1. The van der Waals surface area contributed by atoms with Gasteiger partial charge >= 0.3 is 5.97 Å². The maximum atomic E-state index is 12.0. The van der Waals surface area contributed by atoms with Gasteiger partial charge in [-0.25, -0.2) is 13.2 Å². The first-order valence-electron chi connectivity index (χ1n) is 6.28. The van der Waals surface area contributed by atoms with Crippen molar-refractivity contribution in [2.75, 3.05) is 25.7 Å². The maximum Gasteiger partial charge on any atom is 0.341 e. The van der Waals surface area contributed by atoms with Gasteiger partial charge in [0.15, 0.2) is 0 Å². The average molecular weight is 348 g/mol. The van der Waals surface area contributed by atoms with Crippen molar-refractivity contribution in [3.63, 3.8) is 0 Å². The summed E-state index contributed by atoms with van der Waals surface area (Å²) in [5.74, 6) is -0.700. The van der Waals surface area contributed by atoms with Gasteiger partial charge in [-0.3, -0.25) is 4.79 Å². The van der Waals surface area contributed by atoms with Crippen molar-refractivity contribution in [1.82, 2.24) is 0 Å². The molecule has 0 saturated carbocycles. The van der Waals surface area contributed by atoms with Crippen molar-refractivity contribution in [2.45, 2.75) is 11.7 Å². The Morgan fingerprint density at radius 1 is 1.36 bits per heavy atom. The minimum atomic E-state index is -3.81. The third kappa shape index (κ3) is 3.17. The van der Waals surface area contributed by atoms with Crippen LogP contribution in [0.5, 0.6) is 5.75 Å². The summed E-state index contributed by atoms with van der Waals surface area (Å²) < 4.78 is 32.5. The third-order valence-electron chi connectivity index (χ3n) is 3.39. The molecule has 1 unspecified atom stereocenters. The predicted molar refractivity (Wildman–Crippen MR) is 79.9 cm³/mol. The Morgan fingerprint density at radius 2 is 2.05 bits per heavy atom. The van der Waals surface area contributed by atoms with Crippen LogP contribution >= 0.6 is 10.7 Å². The van der Waals surface area contributed by atoms with E-state index in [9.17, 15) is 18.0 Å². The summed E-state index contributed by atoms with van der Waals surface area (Å²) >= 11 is 0. The molecule has 7 nitrogen and oxygen atoms in total. The van der Waals surface area contributed by atoms with Gasteiger partial charge in [-0.15, -0.1) is 0 Å². The van der Waals surface area contributed by atoms with Crippen LogP contribution < -0.4 is 9.64 Å². The first-order chi connectivity index (χ1) is 10.3. The molecule has 0 N–H and O–H groups in total. The van der Waals surface area contributed by atoms with Crippen LogP contribution in [-0.2, 0) is 18.6 Å². The van der Waals surface area contributed by atoms with E-state index >= 15 is 0 Å². The van der Waals surface area contributed by atoms with Crippen molar-refractivity contribution >= 4 is 37.3 Å². The quantitative estimate of drug-likeness (QED) is 0.599. The van der Waals surface area contributed by atoms with Gasteiger partial charge in [0.25, 0.3) is 0 Å². The Hall–Kier alpha value is -1.80. The summed E-state index contributed by atoms with van der Waals surface area (Å²) in [7, 11) is 4.12. The molecule has 1 amide bonds. The predicted octanol–water partition coefficient (Wildman–Crippen LogP) is 1.16. The van der Waals surface area contributed by atoms with Crippen LogP contribution in [-0.4, -0.2) is 46.3 Å². The number of methoxy groups -OCH3 is 2. The summed E-state index contributed by atoms with van der Waals surface area (Å²) in [5.41, 5.74) is 0.638. The van der Waals surface area contributed by atoms with Crippen molar-refractivity contribution < 1.29 is 27.5 Å². The molecule has 9 heteroatoms. The van der Waals surface area contributed by atoms with E-state index in [4.69, 9.17) is 15.4 Å². The summed E-state index contributed by atoms with van der Waals surface area (Å²) in [6, 6.07) is 4.46. The van der Waals surface area contributed by atoms with Gasteiger partial charge in [0.2, 0.25) is 15.0 Å².